The summed E-state index contributed by atoms with van der Waals surface area (Å²) in [5.74, 6) is 0.489. The Balaban J connectivity index is 1.50. The number of hydrogen-bond donors (Lipinski definition) is 0. The SMILES string of the molecule is COc1cccc2sc(N(Cc3ccco3)C(=O)c3ccc(N4C(=O)CCC4=O)cc3)nc12. The number of anilines is 2. The van der Waals surface area contributed by atoms with Crippen molar-refractivity contribution in [1.82, 2.24) is 4.98 Å². The number of imide groups is 1. The molecule has 0 N–H and O–H groups in total. The molecule has 9 heteroatoms. The van der Waals surface area contributed by atoms with E-state index in [1.807, 2.05) is 18.2 Å². The van der Waals surface area contributed by atoms with Gasteiger partial charge in [-0.15, -0.1) is 0 Å². The summed E-state index contributed by atoms with van der Waals surface area (Å²) in [6.07, 6.45) is 1.97. The second kappa shape index (κ2) is 8.51. The molecule has 166 valence electrons. The highest BCUT2D eigenvalue weighted by Crippen LogP contribution is 2.35. The number of hydrogen-bond acceptors (Lipinski definition) is 7. The molecule has 5 rings (SSSR count). The monoisotopic (exact) mass is 461 g/mol. The molecule has 2 aromatic heterocycles. The first kappa shape index (κ1) is 20.9. The number of carbonyl (C=O) groups is 3. The Bertz CT molecular complexity index is 1330. The first-order valence-corrected chi connectivity index (χ1v) is 11.1. The van der Waals surface area contributed by atoms with E-state index in [9.17, 15) is 14.4 Å². The third kappa shape index (κ3) is 3.87. The van der Waals surface area contributed by atoms with E-state index in [1.165, 1.54) is 11.3 Å². The first-order chi connectivity index (χ1) is 16.0. The molecule has 4 aromatic rings. The molecule has 0 unspecified atom stereocenters. The lowest BCUT2D eigenvalue weighted by Gasteiger charge is -2.19. The van der Waals surface area contributed by atoms with Crippen LogP contribution in [-0.4, -0.2) is 29.8 Å². The summed E-state index contributed by atoms with van der Waals surface area (Å²) in [6, 6.07) is 15.6. The number of fused-ring (bicyclic) bond motifs is 1. The zero-order valence-corrected chi connectivity index (χ0v) is 18.5. The number of carbonyl (C=O) groups excluding carboxylic acids is 3. The Labute approximate surface area is 193 Å². The first-order valence-electron chi connectivity index (χ1n) is 10.3. The van der Waals surface area contributed by atoms with Gasteiger partial charge < -0.3 is 9.15 Å². The van der Waals surface area contributed by atoms with E-state index in [4.69, 9.17) is 9.15 Å². The number of rotatable bonds is 6. The van der Waals surface area contributed by atoms with Crippen LogP contribution in [0.3, 0.4) is 0 Å². The van der Waals surface area contributed by atoms with Crippen molar-refractivity contribution in [3.05, 3.63) is 72.2 Å². The van der Waals surface area contributed by atoms with Crippen molar-refractivity contribution in [2.24, 2.45) is 0 Å². The second-order valence-corrected chi connectivity index (χ2v) is 8.45. The molecule has 3 heterocycles. The van der Waals surface area contributed by atoms with E-state index >= 15 is 0 Å². The Morgan fingerprint density at radius 2 is 1.85 bits per heavy atom. The van der Waals surface area contributed by atoms with Gasteiger partial charge >= 0.3 is 0 Å². The van der Waals surface area contributed by atoms with Gasteiger partial charge in [0, 0.05) is 18.4 Å². The third-order valence-electron chi connectivity index (χ3n) is 5.38. The summed E-state index contributed by atoms with van der Waals surface area (Å²) in [5, 5.41) is 0.505. The molecule has 0 atom stereocenters. The minimum absolute atomic E-state index is 0.193. The van der Waals surface area contributed by atoms with Gasteiger partial charge in [0.25, 0.3) is 5.91 Å². The number of furan rings is 1. The minimum atomic E-state index is -0.282. The van der Waals surface area contributed by atoms with Gasteiger partial charge in [-0.1, -0.05) is 17.4 Å². The highest BCUT2D eigenvalue weighted by Gasteiger charge is 2.30. The number of nitrogens with zero attached hydrogens (tertiary/aromatic N) is 3. The molecule has 1 fully saturated rings. The smallest absolute Gasteiger partial charge is 0.260 e. The van der Waals surface area contributed by atoms with Crippen LogP contribution in [0.5, 0.6) is 5.75 Å². The molecule has 1 saturated heterocycles. The lowest BCUT2D eigenvalue weighted by atomic mass is 10.1. The Morgan fingerprint density at radius 1 is 1.09 bits per heavy atom. The summed E-state index contributed by atoms with van der Waals surface area (Å²) in [5.41, 5.74) is 1.54. The number of methoxy groups -OCH3 is 1. The van der Waals surface area contributed by atoms with Gasteiger partial charge in [0.05, 0.1) is 30.3 Å². The molecule has 0 spiro atoms. The summed E-state index contributed by atoms with van der Waals surface area (Å²) >= 11 is 1.38. The second-order valence-electron chi connectivity index (χ2n) is 7.44. The van der Waals surface area contributed by atoms with Crippen LogP contribution in [-0.2, 0) is 16.1 Å². The highest BCUT2D eigenvalue weighted by atomic mass is 32.1. The third-order valence-corrected chi connectivity index (χ3v) is 6.43. The Kier molecular flexibility index (Phi) is 5.39. The zero-order valence-electron chi connectivity index (χ0n) is 17.7. The maximum Gasteiger partial charge on any atom is 0.260 e. The van der Waals surface area contributed by atoms with Crippen LogP contribution in [0.2, 0.25) is 0 Å². The number of amides is 3. The quantitative estimate of drug-likeness (QED) is 0.395. The topological polar surface area (TPSA) is 93.0 Å². The zero-order chi connectivity index (χ0) is 22.9. The molecule has 33 heavy (non-hydrogen) atoms. The van der Waals surface area contributed by atoms with Gasteiger partial charge in [-0.05, 0) is 48.5 Å². The number of benzene rings is 2. The fraction of sp³-hybridized carbons (Fsp3) is 0.167. The van der Waals surface area contributed by atoms with Gasteiger partial charge in [-0.25, -0.2) is 4.98 Å². The number of ether oxygens (including phenoxy) is 1. The van der Waals surface area contributed by atoms with E-state index in [0.717, 1.165) is 9.60 Å². The Morgan fingerprint density at radius 3 is 2.52 bits per heavy atom. The van der Waals surface area contributed by atoms with E-state index < -0.39 is 0 Å². The van der Waals surface area contributed by atoms with Crippen LogP contribution in [0, 0.1) is 0 Å². The van der Waals surface area contributed by atoms with Crippen molar-refractivity contribution in [2.75, 3.05) is 16.9 Å². The molecule has 1 aliphatic rings. The van der Waals surface area contributed by atoms with E-state index in [1.54, 1.807) is 54.7 Å². The van der Waals surface area contributed by atoms with Crippen LogP contribution in [0.15, 0.2) is 65.3 Å². The van der Waals surface area contributed by atoms with Gasteiger partial charge in [0.1, 0.15) is 17.0 Å². The summed E-state index contributed by atoms with van der Waals surface area (Å²) < 4.78 is 11.8. The molecule has 0 saturated carbocycles. The molecule has 0 bridgehead atoms. The number of aromatic nitrogens is 1. The average Bonchev–Trinajstić information content (AvgIpc) is 3.57. The lowest BCUT2D eigenvalue weighted by Crippen LogP contribution is -2.31. The lowest BCUT2D eigenvalue weighted by molar-refractivity contribution is -0.121. The van der Waals surface area contributed by atoms with Crippen LogP contribution >= 0.6 is 11.3 Å². The fourth-order valence-corrected chi connectivity index (χ4v) is 4.73. The summed E-state index contributed by atoms with van der Waals surface area (Å²) in [7, 11) is 1.58. The highest BCUT2D eigenvalue weighted by molar-refractivity contribution is 7.22. The molecule has 8 nitrogen and oxygen atoms in total. The predicted octanol–water partition coefficient (Wildman–Crippen LogP) is 4.40. The van der Waals surface area contributed by atoms with Crippen molar-refractivity contribution in [1.29, 1.82) is 0 Å². The van der Waals surface area contributed by atoms with Gasteiger partial charge in [0.2, 0.25) is 11.8 Å². The number of para-hydroxylation sites is 1. The molecule has 2 aromatic carbocycles. The van der Waals surface area contributed by atoms with Crippen molar-refractivity contribution in [3.8, 4) is 5.75 Å². The van der Waals surface area contributed by atoms with Gasteiger partial charge in [0.15, 0.2) is 5.13 Å². The van der Waals surface area contributed by atoms with E-state index in [2.05, 4.69) is 4.98 Å². The minimum Gasteiger partial charge on any atom is -0.494 e. The standard InChI is InChI=1S/C24H19N3O5S/c1-31-18-5-2-6-19-22(18)25-24(33-19)26(14-17-4-3-13-32-17)23(30)15-7-9-16(10-8-15)27-20(28)11-12-21(27)29/h2-10,13H,11-12,14H2,1H3. The normalized spacial score (nSPS) is 13.7. The molecule has 0 aliphatic carbocycles. The van der Waals surface area contributed by atoms with Crippen LogP contribution in [0.25, 0.3) is 10.2 Å². The molecular formula is C24H19N3O5S. The van der Waals surface area contributed by atoms with E-state index in [-0.39, 0.29) is 37.1 Å². The van der Waals surface area contributed by atoms with Crippen LogP contribution < -0.4 is 14.5 Å². The predicted molar refractivity (Wildman–Crippen MR) is 124 cm³/mol. The maximum atomic E-state index is 13.5. The molecule has 3 amide bonds. The average molecular weight is 461 g/mol. The van der Waals surface area contributed by atoms with Gasteiger partial charge in [-0.3, -0.25) is 24.2 Å². The molecule has 0 radical (unpaired) electrons. The Hall–Kier alpha value is -3.98. The molecular weight excluding hydrogens is 442 g/mol. The summed E-state index contributed by atoms with van der Waals surface area (Å²) in [4.78, 5) is 44.9. The van der Waals surface area contributed by atoms with Crippen molar-refractivity contribution in [2.45, 2.75) is 19.4 Å². The fourth-order valence-electron chi connectivity index (χ4n) is 3.75. The van der Waals surface area contributed by atoms with Crippen molar-refractivity contribution < 1.29 is 23.5 Å². The maximum absolute atomic E-state index is 13.5. The van der Waals surface area contributed by atoms with Crippen LogP contribution in [0.4, 0.5) is 10.8 Å². The number of thiazole rings is 1. The summed E-state index contributed by atoms with van der Waals surface area (Å²) in [6.45, 7) is 0.193. The van der Waals surface area contributed by atoms with Crippen molar-refractivity contribution in [3.63, 3.8) is 0 Å². The van der Waals surface area contributed by atoms with Crippen LogP contribution in [0.1, 0.15) is 29.0 Å². The van der Waals surface area contributed by atoms with E-state index in [0.29, 0.717) is 33.4 Å². The molecule has 1 aliphatic heterocycles. The van der Waals surface area contributed by atoms with Gasteiger partial charge in [-0.2, -0.15) is 0 Å². The largest absolute Gasteiger partial charge is 0.494 e. The van der Waals surface area contributed by atoms with Crippen molar-refractivity contribution >= 4 is 50.1 Å².